The van der Waals surface area contributed by atoms with Gasteiger partial charge in [0, 0.05) is 18.8 Å². The second-order valence-corrected chi connectivity index (χ2v) is 7.56. The number of fused-ring (bicyclic) bond motifs is 1. The monoisotopic (exact) mass is 440 g/mol. The molecule has 3 heterocycles. The van der Waals surface area contributed by atoms with Gasteiger partial charge in [0.2, 0.25) is 0 Å². The Morgan fingerprint density at radius 2 is 2.00 bits per heavy atom. The van der Waals surface area contributed by atoms with Crippen LogP contribution in [0.5, 0.6) is 0 Å². The Balaban J connectivity index is 0.00000150. The molecule has 2 N–H and O–H groups in total. The lowest BCUT2D eigenvalue weighted by atomic mass is 10.1. The third-order valence-corrected chi connectivity index (χ3v) is 5.63. The van der Waals surface area contributed by atoms with E-state index in [1.807, 2.05) is 23.7 Å². The predicted octanol–water partition coefficient (Wildman–Crippen LogP) is 3.33. The van der Waals surface area contributed by atoms with Gasteiger partial charge in [0.05, 0.1) is 11.7 Å². The molecule has 0 bridgehead atoms. The largest absolute Gasteiger partial charge is 0.320 e. The van der Waals surface area contributed by atoms with E-state index in [4.69, 9.17) is 0 Å². The Morgan fingerprint density at radius 3 is 2.72 bits per heavy atom. The van der Waals surface area contributed by atoms with Gasteiger partial charge < -0.3 is 10.6 Å². The first-order chi connectivity index (χ1) is 13.2. The topological polar surface area (TPSA) is 75.1 Å². The van der Waals surface area contributed by atoms with Crippen molar-refractivity contribution in [1.29, 1.82) is 0 Å². The highest BCUT2D eigenvalue weighted by atomic mass is 35.5. The summed E-state index contributed by atoms with van der Waals surface area (Å²) in [6.45, 7) is 9.02. The third kappa shape index (κ3) is 4.91. The fourth-order valence-corrected chi connectivity index (χ4v) is 4.21. The van der Waals surface area contributed by atoms with Crippen LogP contribution in [0.1, 0.15) is 59.5 Å². The van der Waals surface area contributed by atoms with Crippen LogP contribution in [-0.2, 0) is 13.1 Å². The lowest BCUT2D eigenvalue weighted by Gasteiger charge is -2.23. The molecule has 2 aliphatic heterocycles. The van der Waals surface area contributed by atoms with E-state index in [2.05, 4.69) is 38.8 Å². The molecule has 0 radical (unpaired) electrons. The summed E-state index contributed by atoms with van der Waals surface area (Å²) >= 11 is 0. The summed E-state index contributed by atoms with van der Waals surface area (Å²) in [7, 11) is 0. The number of rotatable bonds is 5. The summed E-state index contributed by atoms with van der Waals surface area (Å²) in [5.74, 6) is -0.171. The Morgan fingerprint density at radius 1 is 1.24 bits per heavy atom. The van der Waals surface area contributed by atoms with Crippen LogP contribution >= 0.6 is 24.8 Å². The van der Waals surface area contributed by atoms with Crippen LogP contribution in [-0.4, -0.2) is 45.4 Å². The number of nitrogens with zero attached hydrogens (tertiary/aromatic N) is 4. The molecule has 0 spiro atoms. The zero-order valence-corrected chi connectivity index (χ0v) is 18.6. The number of carbonyl (C=O) groups excluding carboxylic acids is 1. The van der Waals surface area contributed by atoms with Crippen LogP contribution in [0.4, 0.5) is 5.69 Å². The molecule has 0 unspecified atom stereocenters. The number of carbonyl (C=O) groups is 1. The summed E-state index contributed by atoms with van der Waals surface area (Å²) in [6, 6.07) is 6.48. The van der Waals surface area contributed by atoms with Gasteiger partial charge in [-0.3, -0.25) is 9.69 Å². The highest BCUT2D eigenvalue weighted by molar-refractivity contribution is 6.04. The van der Waals surface area contributed by atoms with Crippen LogP contribution in [0, 0.1) is 6.92 Å². The minimum atomic E-state index is -0.171. The van der Waals surface area contributed by atoms with Gasteiger partial charge in [-0.05, 0) is 63.0 Å². The first-order valence-corrected chi connectivity index (χ1v) is 9.94. The maximum absolute atomic E-state index is 12.9. The maximum atomic E-state index is 12.9. The molecule has 0 saturated carbocycles. The van der Waals surface area contributed by atoms with E-state index >= 15 is 0 Å². The molecule has 0 atom stereocenters. The number of amides is 1. The summed E-state index contributed by atoms with van der Waals surface area (Å²) in [4.78, 5) is 15.3. The lowest BCUT2D eigenvalue weighted by Crippen LogP contribution is -2.30. The fourth-order valence-electron chi connectivity index (χ4n) is 4.21. The van der Waals surface area contributed by atoms with E-state index in [0.29, 0.717) is 11.7 Å². The van der Waals surface area contributed by atoms with Crippen molar-refractivity contribution in [2.75, 3.05) is 25.0 Å². The van der Waals surface area contributed by atoms with E-state index in [-0.39, 0.29) is 30.7 Å². The normalized spacial score (nSPS) is 16.6. The van der Waals surface area contributed by atoms with E-state index in [0.717, 1.165) is 63.4 Å². The van der Waals surface area contributed by atoms with Gasteiger partial charge in [0.25, 0.3) is 5.91 Å². The van der Waals surface area contributed by atoms with Gasteiger partial charge in [0.15, 0.2) is 5.69 Å². The highest BCUT2D eigenvalue weighted by Crippen LogP contribution is 2.30. The average molecular weight is 441 g/mol. The standard InChI is InChI=1S/C20H28N6O.2ClH/c1-3-11-25-12-15-5-4-6-18(17(15)13-25)22-20(27)19-14(2)26(24-23-19)16-7-9-21-10-8-16;;/h4-6,16,21H,3,7-13H2,1-2H3,(H,22,27);2*1H. The van der Waals surface area contributed by atoms with Crippen LogP contribution in [0.25, 0.3) is 0 Å². The van der Waals surface area contributed by atoms with Gasteiger partial charge in [0.1, 0.15) is 0 Å². The molecule has 0 aliphatic carbocycles. The van der Waals surface area contributed by atoms with Crippen molar-refractivity contribution in [1.82, 2.24) is 25.2 Å². The molecule has 29 heavy (non-hydrogen) atoms. The lowest BCUT2D eigenvalue weighted by molar-refractivity contribution is 0.102. The molecule has 160 valence electrons. The second-order valence-electron chi connectivity index (χ2n) is 7.56. The predicted molar refractivity (Wildman–Crippen MR) is 119 cm³/mol. The van der Waals surface area contributed by atoms with Gasteiger partial charge in [-0.2, -0.15) is 0 Å². The minimum Gasteiger partial charge on any atom is -0.320 e. The first kappa shape index (κ1) is 23.6. The molecule has 1 amide bonds. The number of piperidine rings is 1. The van der Waals surface area contributed by atoms with E-state index in [1.54, 1.807) is 0 Å². The molecule has 1 saturated heterocycles. The summed E-state index contributed by atoms with van der Waals surface area (Å²) in [5.41, 5.74) is 4.69. The molecular weight excluding hydrogens is 411 g/mol. The van der Waals surface area contributed by atoms with Crippen LogP contribution in [0.3, 0.4) is 0 Å². The van der Waals surface area contributed by atoms with E-state index in [1.165, 1.54) is 11.1 Å². The Labute approximate surface area is 184 Å². The van der Waals surface area contributed by atoms with Gasteiger partial charge in [-0.15, -0.1) is 29.9 Å². The van der Waals surface area contributed by atoms with Crippen molar-refractivity contribution in [3.8, 4) is 0 Å². The smallest absolute Gasteiger partial charge is 0.278 e. The number of hydrogen-bond donors (Lipinski definition) is 2. The molecule has 4 rings (SSSR count). The molecule has 2 aromatic rings. The Kier molecular flexibility index (Phi) is 8.46. The maximum Gasteiger partial charge on any atom is 0.278 e. The number of aromatic nitrogens is 3. The molecule has 1 fully saturated rings. The molecule has 7 nitrogen and oxygen atoms in total. The third-order valence-electron chi connectivity index (χ3n) is 5.63. The summed E-state index contributed by atoms with van der Waals surface area (Å²) in [5, 5.41) is 14.9. The van der Waals surface area contributed by atoms with Crippen molar-refractivity contribution in [3.63, 3.8) is 0 Å². The van der Waals surface area contributed by atoms with Crippen LogP contribution in [0.15, 0.2) is 18.2 Å². The number of halogens is 2. The van der Waals surface area contributed by atoms with Crippen molar-refractivity contribution >= 4 is 36.4 Å². The Hall–Kier alpha value is -1.67. The fraction of sp³-hybridized carbons (Fsp3) is 0.550. The summed E-state index contributed by atoms with van der Waals surface area (Å²) in [6.07, 6.45) is 3.17. The second kappa shape index (κ2) is 10.4. The van der Waals surface area contributed by atoms with E-state index in [9.17, 15) is 4.79 Å². The number of nitrogens with one attached hydrogen (secondary N) is 2. The zero-order chi connectivity index (χ0) is 18.8. The van der Waals surface area contributed by atoms with Crippen LogP contribution in [0.2, 0.25) is 0 Å². The highest BCUT2D eigenvalue weighted by Gasteiger charge is 2.25. The molecule has 9 heteroatoms. The van der Waals surface area contributed by atoms with Gasteiger partial charge >= 0.3 is 0 Å². The zero-order valence-electron chi connectivity index (χ0n) is 17.0. The van der Waals surface area contributed by atoms with Crippen molar-refractivity contribution in [2.24, 2.45) is 0 Å². The summed E-state index contributed by atoms with van der Waals surface area (Å²) < 4.78 is 1.92. The van der Waals surface area contributed by atoms with Crippen LogP contribution < -0.4 is 10.6 Å². The number of hydrogen-bond acceptors (Lipinski definition) is 5. The quantitative estimate of drug-likeness (QED) is 0.745. The number of anilines is 1. The van der Waals surface area contributed by atoms with Gasteiger partial charge in [-0.25, -0.2) is 4.68 Å². The first-order valence-electron chi connectivity index (χ1n) is 9.94. The minimum absolute atomic E-state index is 0. The van der Waals surface area contributed by atoms with E-state index < -0.39 is 0 Å². The Bertz CT molecular complexity index is 834. The van der Waals surface area contributed by atoms with Gasteiger partial charge in [-0.1, -0.05) is 24.3 Å². The molecule has 1 aromatic heterocycles. The average Bonchev–Trinajstić information content (AvgIpc) is 3.26. The van der Waals surface area contributed by atoms with Crippen molar-refractivity contribution in [3.05, 3.63) is 40.7 Å². The molecular formula is C20H30Cl2N6O. The number of benzene rings is 1. The SMILES string of the molecule is CCCN1Cc2cccc(NC(=O)c3nnn(C4CCNCC4)c3C)c2C1.Cl.Cl. The van der Waals surface area contributed by atoms with Crippen molar-refractivity contribution in [2.45, 2.75) is 52.2 Å². The molecule has 2 aliphatic rings. The van der Waals surface area contributed by atoms with Crippen molar-refractivity contribution < 1.29 is 4.79 Å². The molecule has 1 aromatic carbocycles.